The van der Waals surface area contributed by atoms with Gasteiger partial charge in [-0.3, -0.25) is 0 Å². The van der Waals surface area contributed by atoms with Crippen LogP contribution in [0.3, 0.4) is 0 Å². The van der Waals surface area contributed by atoms with Crippen molar-refractivity contribution < 1.29 is 4.43 Å². The van der Waals surface area contributed by atoms with Gasteiger partial charge in [0.25, 0.3) is 0 Å². The van der Waals surface area contributed by atoms with Gasteiger partial charge in [0.1, 0.15) is 8.24 Å². The lowest BCUT2D eigenvalue weighted by Gasteiger charge is -2.21. The predicted molar refractivity (Wildman–Crippen MR) is 87.2 cm³/mol. The molecule has 0 amide bonds. The van der Waals surface area contributed by atoms with Crippen molar-refractivity contribution in [1.82, 2.24) is 19.5 Å². The van der Waals surface area contributed by atoms with E-state index >= 15 is 0 Å². The highest BCUT2D eigenvalue weighted by molar-refractivity contribution is 6.79. The van der Waals surface area contributed by atoms with Crippen LogP contribution in [0, 0.1) is 0 Å². The number of anilines is 1. The summed E-state index contributed by atoms with van der Waals surface area (Å²) in [7, 11) is -1.33. The van der Waals surface area contributed by atoms with Crippen molar-refractivity contribution in [3.05, 3.63) is 6.33 Å². The summed E-state index contributed by atoms with van der Waals surface area (Å²) in [5, 5.41) is 0. The van der Waals surface area contributed by atoms with Gasteiger partial charge in [0.15, 0.2) is 11.2 Å². The average molecular weight is 310 g/mol. The summed E-state index contributed by atoms with van der Waals surface area (Å²) in [4.78, 5) is 16.9. The van der Waals surface area contributed by atoms with E-state index in [2.05, 4.69) is 59.2 Å². The maximum absolute atomic E-state index is 6.07. The average Bonchev–Trinajstić information content (AvgIpc) is 2.56. The molecule has 0 fully saturated rings. The maximum atomic E-state index is 6.07. The van der Waals surface area contributed by atoms with Gasteiger partial charge in [-0.05, 0) is 19.6 Å². The summed E-state index contributed by atoms with van der Waals surface area (Å²) in [5.74, 6) is 1.23. The molecule has 2 heterocycles. The summed E-state index contributed by atoms with van der Waals surface area (Å²) in [6.45, 7) is 13.0. The third kappa shape index (κ3) is 3.57. The molecule has 0 bridgehead atoms. The van der Waals surface area contributed by atoms with Gasteiger partial charge in [0.05, 0.1) is 6.33 Å². The SMILES string of the molecule is Cn1cnc2c(O[Si](C)(C)C)nc(N[Si](C)(C)C)nc21. The molecule has 0 saturated carbocycles. The van der Waals surface area contributed by atoms with Crippen molar-refractivity contribution in [2.45, 2.75) is 39.3 Å². The van der Waals surface area contributed by atoms with Gasteiger partial charge < -0.3 is 14.0 Å². The summed E-state index contributed by atoms with van der Waals surface area (Å²) in [6.07, 6.45) is 1.74. The monoisotopic (exact) mass is 309 g/mol. The Morgan fingerprint density at radius 3 is 2.30 bits per heavy atom. The molecule has 0 aliphatic rings. The molecule has 1 N–H and O–H groups in total. The van der Waals surface area contributed by atoms with Crippen molar-refractivity contribution in [3.63, 3.8) is 0 Å². The van der Waals surface area contributed by atoms with Gasteiger partial charge >= 0.3 is 0 Å². The Morgan fingerprint density at radius 2 is 1.75 bits per heavy atom. The Bertz CT molecular complexity index is 627. The van der Waals surface area contributed by atoms with E-state index in [0.717, 1.165) is 11.2 Å². The van der Waals surface area contributed by atoms with Crippen molar-refractivity contribution in [2.24, 2.45) is 7.05 Å². The number of aromatic nitrogens is 4. The predicted octanol–water partition coefficient (Wildman–Crippen LogP) is 2.82. The number of rotatable bonds is 4. The van der Waals surface area contributed by atoms with E-state index < -0.39 is 16.6 Å². The summed E-state index contributed by atoms with van der Waals surface area (Å²) in [5.41, 5.74) is 1.53. The maximum Gasteiger partial charge on any atom is 0.244 e. The Hall–Kier alpha value is -1.42. The summed E-state index contributed by atoms with van der Waals surface area (Å²) < 4.78 is 7.96. The number of nitrogens with zero attached hydrogens (tertiary/aromatic N) is 4. The van der Waals surface area contributed by atoms with E-state index in [1.54, 1.807) is 6.33 Å². The molecule has 20 heavy (non-hydrogen) atoms. The normalized spacial score (nSPS) is 12.8. The highest BCUT2D eigenvalue weighted by Gasteiger charge is 2.23. The van der Waals surface area contributed by atoms with E-state index in [-0.39, 0.29) is 0 Å². The van der Waals surface area contributed by atoms with Gasteiger partial charge in [0, 0.05) is 7.05 Å². The molecule has 0 aromatic carbocycles. The molecule has 110 valence electrons. The van der Waals surface area contributed by atoms with Gasteiger partial charge in [-0.1, -0.05) is 19.6 Å². The number of fused-ring (bicyclic) bond motifs is 1. The van der Waals surface area contributed by atoms with Gasteiger partial charge in [-0.25, -0.2) is 4.98 Å². The Kier molecular flexibility index (Phi) is 3.63. The van der Waals surface area contributed by atoms with Gasteiger partial charge in [-0.15, -0.1) is 0 Å². The second-order valence-corrected chi connectivity index (χ2v) is 16.1. The first-order valence-corrected chi connectivity index (χ1v) is 13.6. The van der Waals surface area contributed by atoms with E-state index in [0.29, 0.717) is 11.8 Å². The fourth-order valence-electron chi connectivity index (χ4n) is 1.73. The second kappa shape index (κ2) is 4.85. The third-order valence-electron chi connectivity index (χ3n) is 2.42. The smallest absolute Gasteiger partial charge is 0.244 e. The minimum Gasteiger partial charge on any atom is -0.530 e. The highest BCUT2D eigenvalue weighted by atomic mass is 28.4. The third-order valence-corrected chi connectivity index (χ3v) is 4.20. The Balaban J connectivity index is 2.53. The summed E-state index contributed by atoms with van der Waals surface area (Å²) >= 11 is 0. The van der Waals surface area contributed by atoms with Crippen LogP contribution in [0.5, 0.6) is 5.88 Å². The van der Waals surface area contributed by atoms with E-state index in [4.69, 9.17) is 4.43 Å². The molecule has 0 unspecified atom stereocenters. The summed E-state index contributed by atoms with van der Waals surface area (Å²) in [6, 6.07) is 0. The fourth-order valence-corrected chi connectivity index (χ4v) is 3.24. The van der Waals surface area contributed by atoms with Crippen LogP contribution in [0.25, 0.3) is 11.2 Å². The lowest BCUT2D eigenvalue weighted by atomic mass is 10.5. The fraction of sp³-hybridized carbons (Fsp3) is 0.583. The second-order valence-electron chi connectivity index (χ2n) is 6.97. The van der Waals surface area contributed by atoms with Crippen LogP contribution in [0.15, 0.2) is 6.33 Å². The van der Waals surface area contributed by atoms with E-state index in [1.165, 1.54) is 0 Å². The van der Waals surface area contributed by atoms with Gasteiger partial charge in [0.2, 0.25) is 20.1 Å². The minimum atomic E-state index is -1.74. The zero-order chi connectivity index (χ0) is 15.1. The molecule has 2 aromatic heterocycles. The molecule has 0 aliphatic carbocycles. The van der Waals surface area contributed by atoms with Crippen LogP contribution in [0.1, 0.15) is 0 Å². The molecule has 6 nitrogen and oxygen atoms in total. The largest absolute Gasteiger partial charge is 0.530 e. The topological polar surface area (TPSA) is 64.9 Å². The molecule has 0 atom stereocenters. The lowest BCUT2D eigenvalue weighted by Crippen LogP contribution is -2.34. The Labute approximate surface area is 121 Å². The van der Waals surface area contributed by atoms with Crippen LogP contribution in [-0.4, -0.2) is 36.1 Å². The molecule has 0 aliphatic heterocycles. The molecule has 0 radical (unpaired) electrons. The van der Waals surface area contributed by atoms with Crippen LogP contribution in [-0.2, 0) is 7.05 Å². The minimum absolute atomic E-state index is 0.593. The van der Waals surface area contributed by atoms with E-state index in [1.807, 2.05) is 11.6 Å². The van der Waals surface area contributed by atoms with Crippen LogP contribution >= 0.6 is 0 Å². The first kappa shape index (κ1) is 15.0. The molecule has 8 heteroatoms. The first-order chi connectivity index (χ1) is 9.05. The van der Waals surface area contributed by atoms with Crippen LogP contribution in [0.2, 0.25) is 39.3 Å². The molecule has 0 spiro atoms. The van der Waals surface area contributed by atoms with Crippen LogP contribution in [0.4, 0.5) is 5.95 Å². The zero-order valence-electron chi connectivity index (χ0n) is 13.3. The molecule has 0 saturated heterocycles. The highest BCUT2D eigenvalue weighted by Crippen LogP contribution is 2.25. The first-order valence-electron chi connectivity index (χ1n) is 6.71. The van der Waals surface area contributed by atoms with Crippen molar-refractivity contribution >= 4 is 33.7 Å². The van der Waals surface area contributed by atoms with Gasteiger partial charge in [-0.2, -0.15) is 9.97 Å². The molecule has 2 rings (SSSR count). The zero-order valence-corrected chi connectivity index (χ0v) is 15.3. The van der Waals surface area contributed by atoms with Crippen molar-refractivity contribution in [2.75, 3.05) is 4.98 Å². The van der Waals surface area contributed by atoms with Crippen molar-refractivity contribution in [1.29, 1.82) is 0 Å². The molecule has 2 aromatic rings. The molecular weight excluding hydrogens is 286 g/mol. The number of aryl methyl sites for hydroxylation is 1. The van der Waals surface area contributed by atoms with Crippen molar-refractivity contribution in [3.8, 4) is 5.88 Å². The number of nitrogens with one attached hydrogen (secondary N) is 1. The number of hydrogen-bond donors (Lipinski definition) is 1. The molecular formula is C12H23N5OSi2. The standard InChI is InChI=1S/C12H23N5OSi2/c1-17-8-13-9-10(17)14-12(16-19(2,3)4)15-11(9)18-20(5,6)7/h8H,1-7H3,(H,14,15,16). The number of imidazole rings is 1. The number of hydrogen-bond acceptors (Lipinski definition) is 5. The Morgan fingerprint density at radius 1 is 1.10 bits per heavy atom. The van der Waals surface area contributed by atoms with E-state index in [9.17, 15) is 0 Å². The quantitative estimate of drug-likeness (QED) is 0.880. The lowest BCUT2D eigenvalue weighted by molar-refractivity contribution is 0.540. The van der Waals surface area contributed by atoms with Crippen LogP contribution < -0.4 is 9.41 Å².